The first-order valence-corrected chi connectivity index (χ1v) is 15.9. The zero-order valence-corrected chi connectivity index (χ0v) is 25.1. The molecule has 4 heterocycles. The van der Waals surface area contributed by atoms with Crippen LogP contribution < -0.4 is 24.2 Å². The molecule has 2 aromatic heterocycles. The van der Waals surface area contributed by atoms with E-state index < -0.39 is 34.0 Å². The largest absolute Gasteiger partial charge is 0.493 e. The molecule has 0 spiro atoms. The van der Waals surface area contributed by atoms with Crippen molar-refractivity contribution in [3.63, 3.8) is 0 Å². The number of carbonyl (C=O) groups is 3. The predicted molar refractivity (Wildman–Crippen MR) is 162 cm³/mol. The lowest BCUT2D eigenvalue weighted by Crippen LogP contribution is -2.50. The number of nitrogens with one attached hydrogen (secondary N) is 1. The molecule has 14 heteroatoms. The molecule has 2 amide bonds. The highest BCUT2D eigenvalue weighted by Gasteiger charge is 2.52. The zero-order valence-electron chi connectivity index (χ0n) is 24.3. The Labute approximate surface area is 254 Å². The number of aromatic nitrogens is 2. The van der Waals surface area contributed by atoms with E-state index in [1.54, 1.807) is 48.6 Å². The molecule has 6 rings (SSSR count). The first-order valence-electron chi connectivity index (χ1n) is 14.3. The van der Waals surface area contributed by atoms with Crippen LogP contribution in [0.5, 0.6) is 5.75 Å². The van der Waals surface area contributed by atoms with Crippen LogP contribution in [0.1, 0.15) is 41.3 Å². The van der Waals surface area contributed by atoms with Gasteiger partial charge in [-0.05, 0) is 62.1 Å². The van der Waals surface area contributed by atoms with Gasteiger partial charge < -0.3 is 25.0 Å². The Morgan fingerprint density at radius 1 is 1.11 bits per heavy atom. The number of benzene rings is 1. The Balaban J connectivity index is 1.18. The predicted octanol–water partition coefficient (Wildman–Crippen LogP) is 2.27. The number of anilines is 4. The van der Waals surface area contributed by atoms with Crippen LogP contribution in [0.4, 0.5) is 23.0 Å². The van der Waals surface area contributed by atoms with E-state index in [0.29, 0.717) is 65.7 Å². The Morgan fingerprint density at radius 2 is 1.89 bits per heavy atom. The van der Waals surface area contributed by atoms with Gasteiger partial charge >= 0.3 is 5.97 Å². The molecule has 3 aliphatic rings. The van der Waals surface area contributed by atoms with Crippen molar-refractivity contribution in [2.45, 2.75) is 38.1 Å². The second-order valence-electron chi connectivity index (χ2n) is 11.0. The summed E-state index contributed by atoms with van der Waals surface area (Å²) in [5.74, 6) is -0.538. The molecular weight excluding hydrogens is 588 g/mol. The van der Waals surface area contributed by atoms with Gasteiger partial charge in [0.15, 0.2) is 5.82 Å². The quantitative estimate of drug-likeness (QED) is 0.363. The number of carbonyl (C=O) groups excluding carboxylic acids is 2. The molecule has 1 aromatic carbocycles. The molecule has 44 heavy (non-hydrogen) atoms. The van der Waals surface area contributed by atoms with E-state index in [0.717, 1.165) is 9.87 Å². The number of rotatable bonds is 9. The summed E-state index contributed by atoms with van der Waals surface area (Å²) in [7, 11) is -2.09. The molecule has 0 bridgehead atoms. The van der Waals surface area contributed by atoms with Crippen molar-refractivity contribution in [1.82, 2.24) is 15.3 Å². The molecule has 1 aliphatic carbocycles. The standard InChI is InChI=1S/C30H32N6O7S/c1-3-35-26-21(28(38)34(2)23-7-5-13-31-27(23)35)16-19(17-32-26)9-14-43-24-8-4-6-22-20(24)10-15-44(41,42)36(22)18-25(37)33-30(11-12-30)29(39)40/h4-8,13,16-17H,3,9-12,14-15,18H2,1-2H3,(H,33,37)(H,39,40). The number of pyridine rings is 2. The smallest absolute Gasteiger partial charge is 0.329 e. The average Bonchev–Trinajstić information content (AvgIpc) is 3.80. The highest BCUT2D eigenvalue weighted by molar-refractivity contribution is 7.92. The summed E-state index contributed by atoms with van der Waals surface area (Å²) in [6, 6.07) is 10.5. The third-order valence-corrected chi connectivity index (χ3v) is 9.93. The summed E-state index contributed by atoms with van der Waals surface area (Å²) in [6.07, 6.45) is 4.64. The Kier molecular flexibility index (Phi) is 7.40. The van der Waals surface area contributed by atoms with Gasteiger partial charge in [0.1, 0.15) is 23.7 Å². The molecule has 0 saturated heterocycles. The number of hydrogen-bond donors (Lipinski definition) is 2. The molecule has 3 aromatic rings. The lowest BCUT2D eigenvalue weighted by molar-refractivity contribution is -0.142. The zero-order chi connectivity index (χ0) is 31.2. The van der Waals surface area contributed by atoms with E-state index in [2.05, 4.69) is 15.3 Å². The Bertz CT molecular complexity index is 1780. The van der Waals surface area contributed by atoms with Crippen LogP contribution in [-0.4, -0.2) is 79.3 Å². The molecule has 0 radical (unpaired) electrons. The van der Waals surface area contributed by atoms with Crippen molar-refractivity contribution < 1.29 is 32.6 Å². The molecule has 0 unspecified atom stereocenters. The van der Waals surface area contributed by atoms with E-state index in [1.807, 2.05) is 24.0 Å². The van der Waals surface area contributed by atoms with Crippen LogP contribution in [0, 0.1) is 0 Å². The van der Waals surface area contributed by atoms with E-state index in [4.69, 9.17) is 4.74 Å². The van der Waals surface area contributed by atoms with Gasteiger partial charge in [-0.1, -0.05) is 6.07 Å². The van der Waals surface area contributed by atoms with Crippen LogP contribution in [0.25, 0.3) is 0 Å². The van der Waals surface area contributed by atoms with Crippen molar-refractivity contribution in [2.75, 3.05) is 46.6 Å². The van der Waals surface area contributed by atoms with Crippen molar-refractivity contribution in [3.05, 3.63) is 65.5 Å². The number of nitrogens with zero attached hydrogens (tertiary/aromatic N) is 5. The number of ether oxygens (including phenoxy) is 1. The molecule has 2 aliphatic heterocycles. The Morgan fingerprint density at radius 3 is 2.61 bits per heavy atom. The van der Waals surface area contributed by atoms with E-state index in [1.165, 1.54) is 0 Å². The summed E-state index contributed by atoms with van der Waals surface area (Å²) >= 11 is 0. The monoisotopic (exact) mass is 620 g/mol. The van der Waals surface area contributed by atoms with Crippen LogP contribution in [-0.2, 0) is 32.5 Å². The van der Waals surface area contributed by atoms with E-state index in [9.17, 15) is 27.9 Å². The Hall–Kier alpha value is -4.72. The number of hydrogen-bond acceptors (Lipinski definition) is 9. The summed E-state index contributed by atoms with van der Waals surface area (Å²) in [5.41, 5.74) is 1.60. The SMILES string of the molecule is CCN1c2ncc(CCOc3cccc4c3CCS(=O)(=O)N4CC(=O)NC3(C(=O)O)CC3)cc2C(=O)N(C)c2cccnc21. The van der Waals surface area contributed by atoms with E-state index in [-0.39, 0.29) is 24.7 Å². The van der Waals surface area contributed by atoms with Gasteiger partial charge in [-0.3, -0.25) is 13.9 Å². The fraction of sp³-hybridized carbons (Fsp3) is 0.367. The number of fused-ring (bicyclic) bond motifs is 3. The first kappa shape index (κ1) is 29.4. The second kappa shape index (κ2) is 11.1. The first-order chi connectivity index (χ1) is 21.0. The number of amides is 2. The van der Waals surface area contributed by atoms with Gasteiger partial charge in [0.25, 0.3) is 5.91 Å². The van der Waals surface area contributed by atoms with Crippen molar-refractivity contribution in [1.29, 1.82) is 0 Å². The number of carboxylic acid groups (broad SMARTS) is 1. The number of carboxylic acids is 1. The third kappa shape index (κ3) is 5.19. The minimum Gasteiger partial charge on any atom is -0.493 e. The van der Waals surface area contributed by atoms with Crippen molar-refractivity contribution >= 4 is 50.8 Å². The topological polar surface area (TPSA) is 162 Å². The molecule has 1 saturated carbocycles. The minimum atomic E-state index is -3.80. The average molecular weight is 621 g/mol. The third-order valence-electron chi connectivity index (χ3n) is 8.21. The van der Waals surface area contributed by atoms with Gasteiger partial charge in [-0.15, -0.1) is 0 Å². The van der Waals surface area contributed by atoms with Gasteiger partial charge in [0.05, 0.1) is 29.3 Å². The van der Waals surface area contributed by atoms with Crippen LogP contribution in [0.3, 0.4) is 0 Å². The number of aliphatic carboxylic acids is 1. The summed E-state index contributed by atoms with van der Waals surface area (Å²) in [4.78, 5) is 50.2. The van der Waals surface area contributed by atoms with Gasteiger partial charge in [-0.2, -0.15) is 0 Å². The maximum Gasteiger partial charge on any atom is 0.329 e. The lowest BCUT2D eigenvalue weighted by atomic mass is 10.1. The van der Waals surface area contributed by atoms with Gasteiger partial charge in [0, 0.05) is 38.0 Å². The summed E-state index contributed by atoms with van der Waals surface area (Å²) in [5, 5.41) is 11.9. The molecule has 230 valence electrons. The molecule has 1 fully saturated rings. The van der Waals surface area contributed by atoms with Crippen LogP contribution >= 0.6 is 0 Å². The van der Waals surface area contributed by atoms with Crippen LogP contribution in [0.15, 0.2) is 48.8 Å². The van der Waals surface area contributed by atoms with Gasteiger partial charge in [-0.25, -0.2) is 23.2 Å². The maximum atomic E-state index is 13.4. The highest BCUT2D eigenvalue weighted by Crippen LogP contribution is 2.39. The molecule has 13 nitrogen and oxygen atoms in total. The van der Waals surface area contributed by atoms with E-state index >= 15 is 0 Å². The number of sulfonamides is 1. The summed E-state index contributed by atoms with van der Waals surface area (Å²) < 4.78 is 33.1. The van der Waals surface area contributed by atoms with Crippen molar-refractivity contribution in [3.8, 4) is 5.75 Å². The van der Waals surface area contributed by atoms with Gasteiger partial charge in [0.2, 0.25) is 15.9 Å². The summed E-state index contributed by atoms with van der Waals surface area (Å²) in [6.45, 7) is 2.25. The highest BCUT2D eigenvalue weighted by atomic mass is 32.2. The minimum absolute atomic E-state index is 0.195. The second-order valence-corrected chi connectivity index (χ2v) is 13.0. The fourth-order valence-electron chi connectivity index (χ4n) is 5.64. The van der Waals surface area contributed by atoms with Crippen molar-refractivity contribution in [2.24, 2.45) is 0 Å². The fourth-order valence-corrected chi connectivity index (χ4v) is 7.11. The molecule has 2 N–H and O–H groups in total. The molecule has 0 atom stereocenters. The van der Waals surface area contributed by atoms with Crippen LogP contribution in [0.2, 0.25) is 0 Å². The lowest BCUT2D eigenvalue weighted by Gasteiger charge is -2.31. The normalized spacial score (nSPS) is 17.6. The molecular formula is C30H32N6O7S. The maximum absolute atomic E-state index is 13.4.